The summed E-state index contributed by atoms with van der Waals surface area (Å²) >= 11 is 0. The highest BCUT2D eigenvalue weighted by Gasteiger charge is 2.20. The Morgan fingerprint density at radius 1 is 1.39 bits per heavy atom. The fraction of sp³-hybridized carbons (Fsp3) is 0.600. The van der Waals surface area contributed by atoms with Crippen molar-refractivity contribution in [2.45, 2.75) is 51.6 Å². The van der Waals surface area contributed by atoms with Crippen LogP contribution in [0.15, 0.2) is 18.2 Å². The van der Waals surface area contributed by atoms with E-state index in [4.69, 9.17) is 0 Å². The minimum absolute atomic E-state index is 0.173. The third kappa shape index (κ3) is 3.45. The van der Waals surface area contributed by atoms with E-state index in [0.717, 1.165) is 5.92 Å². The highest BCUT2D eigenvalue weighted by atomic mass is 19.1. The molecule has 100 valence electrons. The van der Waals surface area contributed by atoms with Crippen LogP contribution in [0.5, 0.6) is 5.75 Å². The van der Waals surface area contributed by atoms with Gasteiger partial charge >= 0.3 is 0 Å². The van der Waals surface area contributed by atoms with Crippen LogP contribution >= 0.6 is 0 Å². The van der Waals surface area contributed by atoms with Gasteiger partial charge in [-0.1, -0.05) is 26.2 Å². The molecule has 0 aliphatic heterocycles. The zero-order valence-corrected chi connectivity index (χ0v) is 11.0. The quantitative estimate of drug-likeness (QED) is 0.857. The number of hydrogen-bond donors (Lipinski definition) is 2. The number of hydrogen-bond acceptors (Lipinski definition) is 2. The van der Waals surface area contributed by atoms with Gasteiger partial charge in [0.15, 0.2) is 0 Å². The minimum atomic E-state index is -0.292. The highest BCUT2D eigenvalue weighted by molar-refractivity contribution is 5.32. The first-order valence-electron chi connectivity index (χ1n) is 6.89. The zero-order chi connectivity index (χ0) is 13.0. The van der Waals surface area contributed by atoms with Crippen molar-refractivity contribution in [3.63, 3.8) is 0 Å². The molecule has 1 aromatic rings. The second-order valence-corrected chi connectivity index (χ2v) is 5.29. The lowest BCUT2D eigenvalue weighted by molar-refractivity contribution is 0.277. The molecule has 0 aromatic heterocycles. The molecule has 0 heterocycles. The molecule has 1 aromatic carbocycles. The average molecular weight is 251 g/mol. The van der Waals surface area contributed by atoms with Gasteiger partial charge in [0.25, 0.3) is 0 Å². The average Bonchev–Trinajstić information content (AvgIpc) is 2.40. The van der Waals surface area contributed by atoms with Gasteiger partial charge < -0.3 is 10.4 Å². The van der Waals surface area contributed by atoms with Crippen LogP contribution in [0.25, 0.3) is 0 Å². The molecule has 0 spiro atoms. The molecule has 1 aliphatic carbocycles. The predicted molar refractivity (Wildman–Crippen MR) is 70.9 cm³/mol. The second kappa shape index (κ2) is 6.19. The summed E-state index contributed by atoms with van der Waals surface area (Å²) < 4.78 is 13.1. The summed E-state index contributed by atoms with van der Waals surface area (Å²) in [7, 11) is 0. The van der Waals surface area contributed by atoms with Crippen LogP contribution in [0, 0.1) is 11.7 Å². The van der Waals surface area contributed by atoms with E-state index in [-0.39, 0.29) is 11.6 Å². The van der Waals surface area contributed by atoms with E-state index < -0.39 is 0 Å². The molecule has 2 atom stereocenters. The van der Waals surface area contributed by atoms with Gasteiger partial charge in [0.2, 0.25) is 0 Å². The molecule has 0 amide bonds. The minimum Gasteiger partial charge on any atom is -0.508 e. The molecule has 1 fully saturated rings. The van der Waals surface area contributed by atoms with Gasteiger partial charge in [-0.05, 0) is 37.0 Å². The van der Waals surface area contributed by atoms with E-state index in [2.05, 4.69) is 12.2 Å². The number of aromatic hydroxyl groups is 1. The number of nitrogens with one attached hydrogen (secondary N) is 1. The zero-order valence-electron chi connectivity index (χ0n) is 11.0. The van der Waals surface area contributed by atoms with Gasteiger partial charge in [-0.3, -0.25) is 0 Å². The summed E-state index contributed by atoms with van der Waals surface area (Å²) in [6.45, 7) is 2.79. The molecule has 3 heteroatoms. The lowest BCUT2D eigenvalue weighted by Gasteiger charge is -2.29. The molecule has 2 nitrogen and oxygen atoms in total. The Balaban J connectivity index is 1.89. The molecule has 1 saturated carbocycles. The van der Waals surface area contributed by atoms with Crippen molar-refractivity contribution in [2.75, 3.05) is 0 Å². The fourth-order valence-corrected chi connectivity index (χ4v) is 2.80. The van der Waals surface area contributed by atoms with Gasteiger partial charge in [-0.15, -0.1) is 0 Å². The van der Waals surface area contributed by atoms with E-state index in [0.29, 0.717) is 18.2 Å². The molecule has 18 heavy (non-hydrogen) atoms. The lowest BCUT2D eigenvalue weighted by atomic mass is 9.84. The Morgan fingerprint density at radius 2 is 2.22 bits per heavy atom. The Bertz CT molecular complexity index is 394. The van der Waals surface area contributed by atoms with Crippen LogP contribution in [0.1, 0.15) is 44.6 Å². The van der Waals surface area contributed by atoms with Crippen molar-refractivity contribution in [3.8, 4) is 5.75 Å². The van der Waals surface area contributed by atoms with E-state index >= 15 is 0 Å². The standard InChI is InChI=1S/C15H22FNO/c1-2-11-4-3-5-14(8-11)17-10-12-9-13(16)6-7-15(12)18/h6-7,9,11,14,17-18H,2-5,8,10H2,1H3. The van der Waals surface area contributed by atoms with Crippen LogP contribution in [-0.4, -0.2) is 11.1 Å². The first-order valence-corrected chi connectivity index (χ1v) is 6.89. The van der Waals surface area contributed by atoms with E-state index in [9.17, 15) is 9.50 Å². The summed E-state index contributed by atoms with van der Waals surface area (Å²) in [5, 5.41) is 13.1. The van der Waals surface area contributed by atoms with E-state index in [1.54, 1.807) is 0 Å². The Morgan fingerprint density at radius 3 is 3.00 bits per heavy atom. The third-order valence-corrected chi connectivity index (χ3v) is 3.98. The maximum atomic E-state index is 13.1. The van der Waals surface area contributed by atoms with Crippen molar-refractivity contribution < 1.29 is 9.50 Å². The first kappa shape index (κ1) is 13.3. The molecule has 0 bridgehead atoms. The smallest absolute Gasteiger partial charge is 0.123 e. The van der Waals surface area contributed by atoms with E-state index in [1.807, 2.05) is 0 Å². The van der Waals surface area contributed by atoms with Crippen LogP contribution in [0.2, 0.25) is 0 Å². The Kier molecular flexibility index (Phi) is 4.59. The number of phenolic OH excluding ortho intramolecular Hbond substituents is 1. The van der Waals surface area contributed by atoms with Crippen molar-refractivity contribution >= 4 is 0 Å². The van der Waals surface area contributed by atoms with E-state index in [1.165, 1.54) is 50.3 Å². The van der Waals surface area contributed by atoms with Crippen LogP contribution in [0.3, 0.4) is 0 Å². The lowest BCUT2D eigenvalue weighted by Crippen LogP contribution is -2.33. The molecule has 1 aliphatic rings. The van der Waals surface area contributed by atoms with Crippen molar-refractivity contribution in [3.05, 3.63) is 29.6 Å². The summed E-state index contributed by atoms with van der Waals surface area (Å²) in [6, 6.07) is 4.61. The Hall–Kier alpha value is -1.09. The summed E-state index contributed by atoms with van der Waals surface area (Å²) in [5.41, 5.74) is 0.647. The Labute approximate surface area is 108 Å². The third-order valence-electron chi connectivity index (χ3n) is 3.98. The fourth-order valence-electron chi connectivity index (χ4n) is 2.80. The number of rotatable bonds is 4. The topological polar surface area (TPSA) is 32.3 Å². The van der Waals surface area contributed by atoms with Gasteiger partial charge in [0.05, 0.1) is 0 Å². The summed E-state index contributed by atoms with van der Waals surface area (Å²) in [6.07, 6.45) is 6.23. The molecular weight excluding hydrogens is 229 g/mol. The van der Waals surface area contributed by atoms with Crippen molar-refractivity contribution in [1.29, 1.82) is 0 Å². The molecule has 0 saturated heterocycles. The number of benzene rings is 1. The molecule has 2 N–H and O–H groups in total. The van der Waals surface area contributed by atoms with Crippen LogP contribution in [-0.2, 0) is 6.54 Å². The highest BCUT2D eigenvalue weighted by Crippen LogP contribution is 2.27. The van der Waals surface area contributed by atoms with Gasteiger partial charge in [-0.25, -0.2) is 4.39 Å². The summed E-state index contributed by atoms with van der Waals surface area (Å²) in [5.74, 6) is 0.698. The van der Waals surface area contributed by atoms with Crippen LogP contribution in [0.4, 0.5) is 4.39 Å². The van der Waals surface area contributed by atoms with Gasteiger partial charge in [0, 0.05) is 18.2 Å². The van der Waals surface area contributed by atoms with Crippen LogP contribution < -0.4 is 5.32 Å². The SMILES string of the molecule is CCC1CCCC(NCc2cc(F)ccc2O)C1. The van der Waals surface area contributed by atoms with Gasteiger partial charge in [0.1, 0.15) is 11.6 Å². The van der Waals surface area contributed by atoms with Gasteiger partial charge in [-0.2, -0.15) is 0 Å². The summed E-state index contributed by atoms with van der Waals surface area (Å²) in [4.78, 5) is 0. The second-order valence-electron chi connectivity index (χ2n) is 5.29. The normalized spacial score (nSPS) is 24.1. The largest absolute Gasteiger partial charge is 0.508 e. The maximum Gasteiger partial charge on any atom is 0.123 e. The maximum absolute atomic E-state index is 13.1. The monoisotopic (exact) mass is 251 g/mol. The molecular formula is C15H22FNO. The molecule has 2 rings (SSSR count). The molecule has 0 radical (unpaired) electrons. The number of halogens is 1. The van der Waals surface area contributed by atoms with Crippen molar-refractivity contribution in [2.24, 2.45) is 5.92 Å². The van der Waals surface area contributed by atoms with Crippen molar-refractivity contribution in [1.82, 2.24) is 5.32 Å². The molecule has 2 unspecified atom stereocenters. The predicted octanol–water partition coefficient (Wildman–Crippen LogP) is 3.59. The first-order chi connectivity index (χ1) is 8.69. The number of phenols is 1.